The summed E-state index contributed by atoms with van der Waals surface area (Å²) in [6.07, 6.45) is 0. The van der Waals surface area contributed by atoms with Crippen LogP contribution in [-0.4, -0.2) is 42.9 Å². The molecule has 0 radical (unpaired) electrons. The van der Waals surface area contributed by atoms with Gasteiger partial charge in [-0.25, -0.2) is 13.2 Å². The topological polar surface area (TPSA) is 164 Å². The molecule has 0 saturated carbocycles. The van der Waals surface area contributed by atoms with Crippen LogP contribution in [0.15, 0.2) is 63.1 Å². The SMILES string of the molecule is CCOC(=O)c1sc(NC(=O)CSc2nnc(-c3ccc(NS(=O)(=O)c4ccc(C)cc4)cc3)o2)c(C#N)c1C. The number of aryl methyl sites for hydroxylation is 1. The number of nitriles is 1. The van der Waals surface area contributed by atoms with Crippen molar-refractivity contribution in [2.24, 2.45) is 0 Å². The summed E-state index contributed by atoms with van der Waals surface area (Å²) in [6.45, 7) is 5.37. The normalized spacial score (nSPS) is 11.1. The smallest absolute Gasteiger partial charge is 0.348 e. The molecule has 0 unspecified atom stereocenters. The third-order valence-electron chi connectivity index (χ3n) is 5.42. The predicted octanol–water partition coefficient (Wildman–Crippen LogP) is 4.99. The standard InChI is InChI=1S/C26H23N5O6S3/c1-4-36-25(33)22-16(3)20(13-27)24(39-22)28-21(32)14-38-26-30-29-23(37-26)17-7-9-18(10-8-17)31-40(34,35)19-11-5-15(2)6-12-19/h5-12,31H,4,14H2,1-3H3,(H,28,32). The van der Waals surface area contributed by atoms with Crippen LogP contribution in [0.25, 0.3) is 11.5 Å². The maximum atomic E-state index is 12.6. The van der Waals surface area contributed by atoms with Crippen molar-refractivity contribution in [2.75, 3.05) is 22.4 Å². The number of sulfonamides is 1. The van der Waals surface area contributed by atoms with Crippen LogP contribution in [0.1, 0.15) is 33.3 Å². The number of thioether (sulfide) groups is 1. The van der Waals surface area contributed by atoms with E-state index in [1.165, 1.54) is 12.1 Å². The minimum atomic E-state index is -3.74. The molecule has 2 N–H and O–H groups in total. The lowest BCUT2D eigenvalue weighted by atomic mass is 10.2. The van der Waals surface area contributed by atoms with Crippen molar-refractivity contribution >= 4 is 55.7 Å². The number of nitrogens with one attached hydrogen (secondary N) is 2. The van der Waals surface area contributed by atoms with E-state index in [1.54, 1.807) is 50.2 Å². The number of ether oxygens (including phenoxy) is 1. The molecule has 0 fully saturated rings. The molecule has 1 amide bonds. The molecule has 2 heterocycles. The number of carbonyl (C=O) groups is 2. The monoisotopic (exact) mass is 597 g/mol. The number of thiophene rings is 1. The van der Waals surface area contributed by atoms with Crippen molar-refractivity contribution in [3.05, 3.63) is 70.1 Å². The summed E-state index contributed by atoms with van der Waals surface area (Å²) in [5, 5.41) is 20.5. The van der Waals surface area contributed by atoms with Crippen LogP contribution in [0.4, 0.5) is 10.7 Å². The molecule has 40 heavy (non-hydrogen) atoms. The van der Waals surface area contributed by atoms with Crippen molar-refractivity contribution in [2.45, 2.75) is 30.9 Å². The maximum absolute atomic E-state index is 12.6. The van der Waals surface area contributed by atoms with Crippen molar-refractivity contribution in [3.8, 4) is 17.5 Å². The van der Waals surface area contributed by atoms with Gasteiger partial charge >= 0.3 is 5.97 Å². The molecule has 2 aromatic heterocycles. The van der Waals surface area contributed by atoms with Crippen molar-refractivity contribution in [1.29, 1.82) is 5.26 Å². The van der Waals surface area contributed by atoms with E-state index >= 15 is 0 Å². The number of hydrogen-bond donors (Lipinski definition) is 2. The number of benzene rings is 2. The zero-order valence-corrected chi connectivity index (χ0v) is 24.0. The number of rotatable bonds is 10. The third kappa shape index (κ3) is 6.68. The van der Waals surface area contributed by atoms with E-state index in [9.17, 15) is 23.3 Å². The first-order chi connectivity index (χ1) is 19.1. The number of hydrogen-bond acceptors (Lipinski definition) is 11. The van der Waals surface area contributed by atoms with Gasteiger partial charge in [-0.2, -0.15) is 5.26 Å². The van der Waals surface area contributed by atoms with Gasteiger partial charge in [0.15, 0.2) is 0 Å². The summed E-state index contributed by atoms with van der Waals surface area (Å²) in [5.74, 6) is -0.872. The van der Waals surface area contributed by atoms with Gasteiger partial charge in [0.1, 0.15) is 15.9 Å². The first-order valence-electron chi connectivity index (χ1n) is 11.8. The molecular weight excluding hydrogens is 575 g/mol. The number of esters is 1. The van der Waals surface area contributed by atoms with Gasteiger partial charge in [0, 0.05) is 11.3 Å². The maximum Gasteiger partial charge on any atom is 0.348 e. The zero-order chi connectivity index (χ0) is 28.9. The Morgan fingerprint density at radius 3 is 2.45 bits per heavy atom. The molecule has 0 spiro atoms. The van der Waals surface area contributed by atoms with Gasteiger partial charge in [-0.1, -0.05) is 29.5 Å². The highest BCUT2D eigenvalue weighted by Gasteiger charge is 2.22. The van der Waals surface area contributed by atoms with E-state index < -0.39 is 21.9 Å². The highest BCUT2D eigenvalue weighted by Crippen LogP contribution is 2.33. The van der Waals surface area contributed by atoms with Crippen LogP contribution in [-0.2, 0) is 19.6 Å². The first kappa shape index (κ1) is 28.8. The van der Waals surface area contributed by atoms with E-state index in [0.29, 0.717) is 16.8 Å². The average molecular weight is 598 g/mol. The molecule has 0 aliphatic rings. The van der Waals surface area contributed by atoms with Gasteiger partial charge in [-0.3, -0.25) is 9.52 Å². The molecule has 4 aromatic rings. The highest BCUT2D eigenvalue weighted by molar-refractivity contribution is 7.99. The van der Waals surface area contributed by atoms with Crippen LogP contribution in [0.3, 0.4) is 0 Å². The van der Waals surface area contributed by atoms with Crippen LogP contribution in [0, 0.1) is 25.2 Å². The zero-order valence-electron chi connectivity index (χ0n) is 21.5. The predicted molar refractivity (Wildman–Crippen MR) is 151 cm³/mol. The van der Waals surface area contributed by atoms with Gasteiger partial charge < -0.3 is 14.5 Å². The summed E-state index contributed by atoms with van der Waals surface area (Å²) in [5.41, 5.74) is 2.53. The molecule has 11 nitrogen and oxygen atoms in total. The first-order valence-corrected chi connectivity index (χ1v) is 15.1. The fourth-order valence-electron chi connectivity index (χ4n) is 3.41. The Labute approximate surface area is 238 Å². The molecular formula is C26H23N5O6S3. The van der Waals surface area contributed by atoms with E-state index in [-0.39, 0.29) is 43.8 Å². The summed E-state index contributed by atoms with van der Waals surface area (Å²) in [7, 11) is -3.74. The lowest BCUT2D eigenvalue weighted by Crippen LogP contribution is -2.13. The molecule has 4 rings (SSSR count). The molecule has 0 atom stereocenters. The second kappa shape index (κ2) is 12.3. The minimum Gasteiger partial charge on any atom is -0.462 e. The number of carbonyl (C=O) groups excluding carboxylic acids is 2. The number of anilines is 2. The fraction of sp³-hybridized carbons (Fsp3) is 0.192. The molecule has 206 valence electrons. The lowest BCUT2D eigenvalue weighted by molar-refractivity contribution is -0.113. The lowest BCUT2D eigenvalue weighted by Gasteiger charge is -2.08. The molecule has 0 aliphatic carbocycles. The number of amides is 1. The Balaban J connectivity index is 1.36. The largest absolute Gasteiger partial charge is 0.462 e. The third-order valence-corrected chi connectivity index (χ3v) is 8.82. The minimum absolute atomic E-state index is 0.0854. The van der Waals surface area contributed by atoms with Crippen molar-refractivity contribution in [3.63, 3.8) is 0 Å². The molecule has 0 saturated heterocycles. The van der Waals surface area contributed by atoms with Crippen molar-refractivity contribution < 1.29 is 27.2 Å². The van der Waals surface area contributed by atoms with Crippen molar-refractivity contribution in [1.82, 2.24) is 10.2 Å². The molecule has 0 aliphatic heterocycles. The van der Waals surface area contributed by atoms with Gasteiger partial charge in [0.05, 0.1) is 22.8 Å². The Hall–Kier alpha value is -4.19. The summed E-state index contributed by atoms with van der Waals surface area (Å²) >= 11 is 1.98. The van der Waals surface area contributed by atoms with Crippen LogP contribution >= 0.6 is 23.1 Å². The Morgan fingerprint density at radius 1 is 1.10 bits per heavy atom. The fourth-order valence-corrected chi connectivity index (χ4v) is 6.10. The van der Waals surface area contributed by atoms with Crippen LogP contribution in [0.2, 0.25) is 0 Å². The van der Waals surface area contributed by atoms with Gasteiger partial charge in [-0.05, 0) is 62.7 Å². The summed E-state index contributed by atoms with van der Waals surface area (Å²) in [4.78, 5) is 25.1. The van der Waals surface area contributed by atoms with E-state index in [0.717, 1.165) is 28.7 Å². The number of aromatic nitrogens is 2. The summed E-state index contributed by atoms with van der Waals surface area (Å²) < 4.78 is 38.4. The Morgan fingerprint density at radius 2 is 1.80 bits per heavy atom. The molecule has 2 aromatic carbocycles. The second-order valence-corrected chi connectivity index (χ2v) is 11.9. The van der Waals surface area contributed by atoms with Crippen LogP contribution in [0.5, 0.6) is 0 Å². The Kier molecular flexibility index (Phi) is 8.88. The molecule has 14 heteroatoms. The van der Waals surface area contributed by atoms with Crippen LogP contribution < -0.4 is 10.0 Å². The van der Waals surface area contributed by atoms with Gasteiger partial charge in [0.25, 0.3) is 15.2 Å². The highest BCUT2D eigenvalue weighted by atomic mass is 32.2. The summed E-state index contributed by atoms with van der Waals surface area (Å²) in [6, 6.07) is 14.9. The number of nitrogens with zero attached hydrogens (tertiary/aromatic N) is 3. The van der Waals surface area contributed by atoms with E-state index in [2.05, 4.69) is 20.2 Å². The molecule has 0 bridgehead atoms. The Bertz CT molecular complexity index is 1690. The quantitative estimate of drug-likeness (QED) is 0.188. The van der Waals surface area contributed by atoms with Gasteiger partial charge in [0.2, 0.25) is 11.8 Å². The average Bonchev–Trinajstić information content (AvgIpc) is 3.52. The van der Waals surface area contributed by atoms with E-state index in [4.69, 9.17) is 9.15 Å². The van der Waals surface area contributed by atoms with Gasteiger partial charge in [-0.15, -0.1) is 21.5 Å². The second-order valence-electron chi connectivity index (χ2n) is 8.30. The van der Waals surface area contributed by atoms with E-state index in [1.807, 2.05) is 13.0 Å².